The van der Waals surface area contributed by atoms with Gasteiger partial charge in [-0.05, 0) is 31.4 Å². The molecule has 0 amide bonds. The zero-order valence-corrected chi connectivity index (χ0v) is 14.3. The predicted octanol–water partition coefficient (Wildman–Crippen LogP) is 4.81. The number of ketones is 1. The van der Waals surface area contributed by atoms with Crippen molar-refractivity contribution in [2.45, 2.75) is 58.8 Å². The third-order valence-corrected chi connectivity index (χ3v) is 4.91. The molecule has 1 aliphatic rings. The Kier molecular flexibility index (Phi) is 5.49. The van der Waals surface area contributed by atoms with Gasteiger partial charge < -0.3 is 9.47 Å². The molecule has 0 unspecified atom stereocenters. The van der Waals surface area contributed by atoms with Gasteiger partial charge in [0.2, 0.25) is 0 Å². The first kappa shape index (κ1) is 16.9. The van der Waals surface area contributed by atoms with E-state index in [-0.39, 0.29) is 11.2 Å². The van der Waals surface area contributed by atoms with Crippen molar-refractivity contribution in [1.82, 2.24) is 0 Å². The minimum atomic E-state index is -0.254. The summed E-state index contributed by atoms with van der Waals surface area (Å²) in [4.78, 5) is 13.2. The molecule has 0 spiro atoms. The molecule has 0 atom stereocenters. The lowest BCUT2D eigenvalue weighted by Crippen LogP contribution is -2.28. The van der Waals surface area contributed by atoms with E-state index in [9.17, 15) is 4.79 Å². The van der Waals surface area contributed by atoms with E-state index in [0.717, 1.165) is 61.8 Å². The van der Waals surface area contributed by atoms with Gasteiger partial charge in [0, 0.05) is 11.0 Å². The zero-order chi connectivity index (χ0) is 16.2. The van der Waals surface area contributed by atoms with Crippen LogP contribution in [-0.2, 0) is 6.42 Å². The van der Waals surface area contributed by atoms with E-state index >= 15 is 0 Å². The van der Waals surface area contributed by atoms with Gasteiger partial charge in [0.05, 0.1) is 19.8 Å². The summed E-state index contributed by atoms with van der Waals surface area (Å²) in [5.41, 5.74) is 1.55. The predicted molar refractivity (Wildman–Crippen MR) is 89.1 cm³/mol. The molecule has 122 valence electrons. The number of hydrogen-bond donors (Lipinski definition) is 0. The van der Waals surface area contributed by atoms with Crippen LogP contribution in [0.5, 0.6) is 11.5 Å². The molecule has 1 aromatic carbocycles. The Morgan fingerprint density at radius 2 is 1.55 bits per heavy atom. The van der Waals surface area contributed by atoms with Crippen LogP contribution in [0.3, 0.4) is 0 Å². The monoisotopic (exact) mass is 304 g/mol. The number of benzene rings is 1. The summed E-state index contributed by atoms with van der Waals surface area (Å²) in [6, 6.07) is 3.77. The highest BCUT2D eigenvalue weighted by Crippen LogP contribution is 2.50. The van der Waals surface area contributed by atoms with Gasteiger partial charge >= 0.3 is 0 Å². The lowest BCUT2D eigenvalue weighted by molar-refractivity contribution is 0.0777. The number of fused-ring (bicyclic) bond motifs is 1. The Balaban J connectivity index is 2.46. The molecule has 0 N–H and O–H groups in total. The summed E-state index contributed by atoms with van der Waals surface area (Å²) in [5, 5.41) is 0. The van der Waals surface area contributed by atoms with Crippen LogP contribution in [-0.4, -0.2) is 20.0 Å². The van der Waals surface area contributed by atoms with Gasteiger partial charge in [0.25, 0.3) is 0 Å². The van der Waals surface area contributed by atoms with Crippen LogP contribution in [0.4, 0.5) is 0 Å². The second-order valence-electron chi connectivity index (χ2n) is 6.32. The number of rotatable bonds is 8. The first-order chi connectivity index (χ1) is 10.6. The number of carbonyl (C=O) groups excluding carboxylic acids is 1. The van der Waals surface area contributed by atoms with E-state index < -0.39 is 0 Å². The van der Waals surface area contributed by atoms with E-state index in [4.69, 9.17) is 9.47 Å². The van der Waals surface area contributed by atoms with Crippen molar-refractivity contribution in [2.24, 2.45) is 5.41 Å². The molecule has 0 fully saturated rings. The molecule has 0 saturated carbocycles. The quantitative estimate of drug-likeness (QED) is 0.691. The maximum Gasteiger partial charge on any atom is 0.173 e. The fourth-order valence-electron chi connectivity index (χ4n) is 3.64. The van der Waals surface area contributed by atoms with Crippen molar-refractivity contribution in [2.75, 3.05) is 14.2 Å². The van der Waals surface area contributed by atoms with Gasteiger partial charge in [-0.25, -0.2) is 0 Å². The molecule has 0 heterocycles. The maximum atomic E-state index is 13.2. The molecule has 0 bridgehead atoms. The van der Waals surface area contributed by atoms with Crippen molar-refractivity contribution in [1.29, 1.82) is 0 Å². The molecule has 0 aliphatic heterocycles. The highest BCUT2D eigenvalue weighted by Gasteiger charge is 2.47. The third kappa shape index (κ3) is 2.86. The molecule has 22 heavy (non-hydrogen) atoms. The molecular weight excluding hydrogens is 276 g/mol. The summed E-state index contributed by atoms with van der Waals surface area (Å²) in [6.45, 7) is 4.36. The van der Waals surface area contributed by atoms with Crippen molar-refractivity contribution < 1.29 is 14.3 Å². The fourth-order valence-corrected chi connectivity index (χ4v) is 3.64. The number of unbranched alkanes of at least 4 members (excludes halogenated alkanes) is 2. The van der Waals surface area contributed by atoms with Crippen LogP contribution < -0.4 is 9.47 Å². The largest absolute Gasteiger partial charge is 0.496 e. The first-order valence-corrected chi connectivity index (χ1v) is 8.42. The Labute approximate surface area is 134 Å². The molecule has 3 nitrogen and oxygen atoms in total. The Morgan fingerprint density at radius 1 is 1.00 bits per heavy atom. The third-order valence-electron chi connectivity index (χ3n) is 4.91. The van der Waals surface area contributed by atoms with Gasteiger partial charge in [-0.15, -0.1) is 0 Å². The molecule has 2 rings (SSSR count). The van der Waals surface area contributed by atoms with Crippen LogP contribution in [0.2, 0.25) is 0 Å². The van der Waals surface area contributed by atoms with Crippen LogP contribution in [0.15, 0.2) is 12.1 Å². The lowest BCUT2D eigenvalue weighted by atomic mass is 9.75. The standard InChI is InChI=1S/C19H28O3/c1-5-7-11-19(12-8-6-2)13-14-15(21-3)9-10-16(22-4)17(14)18(19)20/h9-10H,5-8,11-13H2,1-4H3. The van der Waals surface area contributed by atoms with E-state index in [1.807, 2.05) is 12.1 Å². The second-order valence-corrected chi connectivity index (χ2v) is 6.32. The van der Waals surface area contributed by atoms with Gasteiger partial charge in [-0.3, -0.25) is 4.79 Å². The minimum absolute atomic E-state index is 0.254. The molecule has 1 aromatic rings. The molecule has 3 heteroatoms. The second kappa shape index (κ2) is 7.17. The SMILES string of the molecule is CCCCC1(CCCC)Cc2c(OC)ccc(OC)c2C1=O. The molecule has 0 aromatic heterocycles. The molecule has 1 aliphatic carbocycles. The Bertz CT molecular complexity index is 526. The first-order valence-electron chi connectivity index (χ1n) is 8.42. The van der Waals surface area contributed by atoms with E-state index in [1.54, 1.807) is 14.2 Å². The minimum Gasteiger partial charge on any atom is -0.496 e. The Morgan fingerprint density at radius 3 is 2.05 bits per heavy atom. The molecule has 0 radical (unpaired) electrons. The number of hydrogen-bond acceptors (Lipinski definition) is 3. The summed E-state index contributed by atoms with van der Waals surface area (Å²) in [6.07, 6.45) is 7.13. The Hall–Kier alpha value is -1.51. The molecule has 0 saturated heterocycles. The smallest absolute Gasteiger partial charge is 0.173 e. The van der Waals surface area contributed by atoms with Gasteiger partial charge in [-0.2, -0.15) is 0 Å². The van der Waals surface area contributed by atoms with Crippen LogP contribution in [0.25, 0.3) is 0 Å². The average molecular weight is 304 g/mol. The number of Topliss-reactive ketones (excluding diaryl/α,β-unsaturated/α-hetero) is 1. The summed E-state index contributed by atoms with van der Waals surface area (Å²) in [7, 11) is 3.30. The van der Waals surface area contributed by atoms with Crippen molar-refractivity contribution in [3.05, 3.63) is 23.3 Å². The van der Waals surface area contributed by atoms with Crippen molar-refractivity contribution in [3.63, 3.8) is 0 Å². The average Bonchev–Trinajstić information content (AvgIpc) is 2.84. The number of methoxy groups -OCH3 is 2. The van der Waals surface area contributed by atoms with E-state index in [2.05, 4.69) is 13.8 Å². The van der Waals surface area contributed by atoms with Crippen molar-refractivity contribution in [3.8, 4) is 11.5 Å². The van der Waals surface area contributed by atoms with Crippen LogP contribution in [0, 0.1) is 5.41 Å². The fraction of sp³-hybridized carbons (Fsp3) is 0.632. The summed E-state index contributed by atoms with van der Waals surface area (Å²) in [5.74, 6) is 1.77. The summed E-state index contributed by atoms with van der Waals surface area (Å²) >= 11 is 0. The van der Waals surface area contributed by atoms with Crippen molar-refractivity contribution >= 4 is 5.78 Å². The summed E-state index contributed by atoms with van der Waals surface area (Å²) < 4.78 is 11.0. The van der Waals surface area contributed by atoms with Crippen LogP contribution >= 0.6 is 0 Å². The maximum absolute atomic E-state index is 13.2. The number of ether oxygens (including phenoxy) is 2. The van der Waals surface area contributed by atoms with Crippen LogP contribution in [0.1, 0.15) is 68.3 Å². The normalized spacial score (nSPS) is 15.7. The van der Waals surface area contributed by atoms with Gasteiger partial charge in [0.15, 0.2) is 5.78 Å². The lowest BCUT2D eigenvalue weighted by Gasteiger charge is -2.27. The zero-order valence-electron chi connectivity index (χ0n) is 14.3. The van der Waals surface area contributed by atoms with Gasteiger partial charge in [0.1, 0.15) is 11.5 Å². The topological polar surface area (TPSA) is 35.5 Å². The highest BCUT2D eigenvalue weighted by molar-refractivity contribution is 6.07. The highest BCUT2D eigenvalue weighted by atomic mass is 16.5. The molecular formula is C19H28O3. The van der Waals surface area contributed by atoms with E-state index in [0.29, 0.717) is 5.75 Å². The van der Waals surface area contributed by atoms with Gasteiger partial charge in [-0.1, -0.05) is 39.5 Å². The number of carbonyl (C=O) groups is 1. The van der Waals surface area contributed by atoms with E-state index in [1.165, 1.54) is 0 Å².